The van der Waals surface area contributed by atoms with Gasteiger partial charge in [-0.15, -0.1) is 0 Å². The summed E-state index contributed by atoms with van der Waals surface area (Å²) in [6.45, 7) is 0. The van der Waals surface area contributed by atoms with Crippen LogP contribution in [0.3, 0.4) is 0 Å². The molecule has 4 rings (SSSR count). The van der Waals surface area contributed by atoms with Gasteiger partial charge in [-0.3, -0.25) is 4.79 Å². The lowest BCUT2D eigenvalue weighted by molar-refractivity contribution is 0.102. The van der Waals surface area contributed by atoms with Crippen LogP contribution in [0.4, 0.5) is 10.1 Å². The van der Waals surface area contributed by atoms with Gasteiger partial charge in [-0.1, -0.05) is 34.1 Å². The van der Waals surface area contributed by atoms with Crippen molar-refractivity contribution in [2.75, 3.05) is 5.32 Å². The molecule has 1 N–H and O–H groups in total. The molecule has 0 saturated carbocycles. The predicted molar refractivity (Wildman–Crippen MR) is 105 cm³/mol. The fraction of sp³-hybridized carbons (Fsp3) is 0. The molecule has 2 aromatic heterocycles. The first-order valence-corrected chi connectivity index (χ1v) is 8.96. The fourth-order valence-electron chi connectivity index (χ4n) is 2.76. The van der Waals surface area contributed by atoms with E-state index in [0.29, 0.717) is 15.9 Å². The van der Waals surface area contributed by atoms with Crippen molar-refractivity contribution in [3.63, 3.8) is 0 Å². The largest absolute Gasteiger partial charge is 0.319 e. The Hall–Kier alpha value is -3.19. The van der Waals surface area contributed by atoms with E-state index in [1.807, 2.05) is 54.9 Å². The highest BCUT2D eigenvalue weighted by Crippen LogP contribution is 2.23. The third-order valence-electron chi connectivity index (χ3n) is 4.02. The van der Waals surface area contributed by atoms with Crippen LogP contribution < -0.4 is 5.32 Å². The van der Waals surface area contributed by atoms with E-state index in [0.717, 1.165) is 5.69 Å². The van der Waals surface area contributed by atoms with Crippen LogP contribution in [-0.2, 0) is 0 Å². The molecule has 1 amide bonds. The van der Waals surface area contributed by atoms with Gasteiger partial charge in [0.05, 0.1) is 17.6 Å². The molecular weight excluding hydrogens is 411 g/mol. The second kappa shape index (κ2) is 7.20. The summed E-state index contributed by atoms with van der Waals surface area (Å²) in [7, 11) is 0. The second-order valence-corrected chi connectivity index (χ2v) is 6.71. The van der Waals surface area contributed by atoms with Crippen LogP contribution in [0.15, 0.2) is 83.7 Å². The molecule has 0 bridgehead atoms. The molecule has 0 fully saturated rings. The van der Waals surface area contributed by atoms with Crippen LogP contribution in [0.25, 0.3) is 11.5 Å². The van der Waals surface area contributed by atoms with E-state index in [1.54, 1.807) is 15.3 Å². The third-order valence-corrected chi connectivity index (χ3v) is 4.51. The number of aromatic nitrogens is 3. The van der Waals surface area contributed by atoms with Gasteiger partial charge in [-0.25, -0.2) is 9.07 Å². The average molecular weight is 425 g/mol. The molecule has 0 aliphatic heterocycles. The normalized spacial score (nSPS) is 10.7. The van der Waals surface area contributed by atoms with E-state index >= 15 is 0 Å². The van der Waals surface area contributed by atoms with Crippen LogP contribution in [0.1, 0.15) is 10.4 Å². The van der Waals surface area contributed by atoms with Gasteiger partial charge in [0.2, 0.25) is 0 Å². The maximum Gasteiger partial charge on any atom is 0.261 e. The predicted octanol–water partition coefficient (Wildman–Crippen LogP) is 4.82. The summed E-state index contributed by atoms with van der Waals surface area (Å²) in [6, 6.07) is 17.7. The molecule has 2 aromatic carbocycles. The number of halogens is 2. The fourth-order valence-corrected chi connectivity index (χ4v) is 3.10. The number of hydrogen-bond acceptors (Lipinski definition) is 2. The Balaban J connectivity index is 1.76. The molecule has 5 nitrogen and oxygen atoms in total. The Kier molecular flexibility index (Phi) is 4.60. The topological polar surface area (TPSA) is 51.9 Å². The van der Waals surface area contributed by atoms with E-state index in [9.17, 15) is 9.18 Å². The minimum atomic E-state index is -0.518. The van der Waals surface area contributed by atoms with E-state index in [2.05, 4.69) is 26.3 Å². The molecule has 0 atom stereocenters. The summed E-state index contributed by atoms with van der Waals surface area (Å²) in [5.74, 6) is -0.390. The number of amides is 1. The molecular formula is C20H14BrFN4O. The highest BCUT2D eigenvalue weighted by molar-refractivity contribution is 9.10. The summed E-state index contributed by atoms with van der Waals surface area (Å²) in [5.41, 5.74) is 1.25. The third kappa shape index (κ3) is 3.41. The molecule has 0 aliphatic carbocycles. The van der Waals surface area contributed by atoms with Crippen LogP contribution in [-0.4, -0.2) is 20.3 Å². The summed E-state index contributed by atoms with van der Waals surface area (Å²) in [4.78, 5) is 12.9. The Morgan fingerprint density at radius 1 is 1.04 bits per heavy atom. The summed E-state index contributed by atoms with van der Waals surface area (Å²) in [6.07, 6.45) is 5.13. The lowest BCUT2D eigenvalue weighted by Crippen LogP contribution is -2.16. The smallest absolute Gasteiger partial charge is 0.261 e. The standard InChI is InChI=1S/C20H14BrFN4O/c21-14-8-9-18(17(22)12-14)24-19(27)16-13-23-26(15-6-2-1-3-7-15)20(16)25-10-4-5-11-25/h1-13H,(H,24,27). The van der Waals surface area contributed by atoms with E-state index < -0.39 is 11.7 Å². The van der Waals surface area contributed by atoms with Gasteiger partial charge in [-0.2, -0.15) is 5.10 Å². The van der Waals surface area contributed by atoms with E-state index in [1.165, 1.54) is 18.3 Å². The minimum absolute atomic E-state index is 0.106. The summed E-state index contributed by atoms with van der Waals surface area (Å²) in [5, 5.41) is 6.99. The van der Waals surface area contributed by atoms with Gasteiger partial charge < -0.3 is 9.88 Å². The molecule has 0 radical (unpaired) electrons. The first kappa shape index (κ1) is 17.2. The SMILES string of the molecule is O=C(Nc1ccc(Br)cc1F)c1cnn(-c2ccccc2)c1-n1cccc1. The first-order valence-electron chi connectivity index (χ1n) is 8.16. The average Bonchev–Trinajstić information content (AvgIpc) is 3.33. The quantitative estimate of drug-likeness (QED) is 0.510. The van der Waals surface area contributed by atoms with Crippen LogP contribution in [0.5, 0.6) is 0 Å². The van der Waals surface area contributed by atoms with Crippen molar-refractivity contribution in [2.24, 2.45) is 0 Å². The van der Waals surface area contributed by atoms with Crippen LogP contribution in [0.2, 0.25) is 0 Å². The number of carbonyl (C=O) groups is 1. The van der Waals surface area contributed by atoms with Gasteiger partial charge >= 0.3 is 0 Å². The Labute approximate surface area is 163 Å². The van der Waals surface area contributed by atoms with Crippen molar-refractivity contribution in [1.82, 2.24) is 14.3 Å². The molecule has 0 spiro atoms. The van der Waals surface area contributed by atoms with Crippen molar-refractivity contribution in [1.29, 1.82) is 0 Å². The lowest BCUT2D eigenvalue weighted by Gasteiger charge is -2.11. The molecule has 0 unspecified atom stereocenters. The number of para-hydroxylation sites is 1. The number of rotatable bonds is 4. The van der Waals surface area contributed by atoms with Crippen molar-refractivity contribution >= 4 is 27.5 Å². The Bertz CT molecular complexity index is 1090. The van der Waals surface area contributed by atoms with Crippen LogP contribution >= 0.6 is 15.9 Å². The lowest BCUT2D eigenvalue weighted by atomic mass is 10.2. The molecule has 2 heterocycles. The van der Waals surface area contributed by atoms with Gasteiger partial charge in [0.25, 0.3) is 5.91 Å². The van der Waals surface area contributed by atoms with Crippen LogP contribution in [0, 0.1) is 5.82 Å². The molecule has 4 aromatic rings. The number of nitrogens with zero attached hydrogens (tertiary/aromatic N) is 3. The highest BCUT2D eigenvalue weighted by Gasteiger charge is 2.20. The molecule has 0 aliphatic rings. The number of hydrogen-bond donors (Lipinski definition) is 1. The van der Waals surface area contributed by atoms with Crippen molar-refractivity contribution in [2.45, 2.75) is 0 Å². The van der Waals surface area contributed by atoms with Gasteiger partial charge in [-0.05, 0) is 42.5 Å². The number of nitrogens with one attached hydrogen (secondary N) is 1. The zero-order valence-corrected chi connectivity index (χ0v) is 15.6. The Morgan fingerprint density at radius 3 is 2.48 bits per heavy atom. The summed E-state index contributed by atoms with van der Waals surface area (Å²) < 4.78 is 18.2. The van der Waals surface area contributed by atoms with Crippen molar-refractivity contribution < 1.29 is 9.18 Å². The molecule has 7 heteroatoms. The zero-order chi connectivity index (χ0) is 18.8. The van der Waals surface area contributed by atoms with Gasteiger partial charge in [0, 0.05) is 16.9 Å². The molecule has 27 heavy (non-hydrogen) atoms. The first-order chi connectivity index (χ1) is 13.1. The van der Waals surface area contributed by atoms with E-state index in [-0.39, 0.29) is 5.69 Å². The number of benzene rings is 2. The maximum absolute atomic E-state index is 14.1. The summed E-state index contributed by atoms with van der Waals surface area (Å²) >= 11 is 3.21. The van der Waals surface area contributed by atoms with Crippen molar-refractivity contribution in [3.8, 4) is 11.5 Å². The minimum Gasteiger partial charge on any atom is -0.319 e. The highest BCUT2D eigenvalue weighted by atomic mass is 79.9. The van der Waals surface area contributed by atoms with Gasteiger partial charge in [0.15, 0.2) is 5.82 Å². The zero-order valence-electron chi connectivity index (χ0n) is 14.0. The van der Waals surface area contributed by atoms with Crippen molar-refractivity contribution in [3.05, 3.63) is 95.1 Å². The van der Waals surface area contributed by atoms with Gasteiger partial charge in [0.1, 0.15) is 11.4 Å². The maximum atomic E-state index is 14.1. The molecule has 134 valence electrons. The number of anilines is 1. The monoisotopic (exact) mass is 424 g/mol. The Morgan fingerprint density at radius 2 is 1.78 bits per heavy atom. The van der Waals surface area contributed by atoms with E-state index in [4.69, 9.17) is 0 Å². The number of carbonyl (C=O) groups excluding carboxylic acids is 1. The second-order valence-electron chi connectivity index (χ2n) is 5.80. The molecule has 0 saturated heterocycles.